The molecule has 1 aromatic heterocycles. The van der Waals surface area contributed by atoms with E-state index in [1.807, 2.05) is 30.3 Å². The fourth-order valence-corrected chi connectivity index (χ4v) is 3.53. The number of fused-ring (bicyclic) bond motifs is 1. The number of hydrogen-bond acceptors (Lipinski definition) is 4. The van der Waals surface area contributed by atoms with E-state index < -0.39 is 23.4 Å². The minimum Gasteiger partial charge on any atom is -0.458 e. The summed E-state index contributed by atoms with van der Waals surface area (Å²) in [6, 6.07) is 15.9. The van der Waals surface area contributed by atoms with Crippen LogP contribution < -0.4 is 10.6 Å². The number of carbonyl (C=O) groups excluding carboxylic acids is 3. The van der Waals surface area contributed by atoms with Gasteiger partial charge in [-0.05, 0) is 42.7 Å². The summed E-state index contributed by atoms with van der Waals surface area (Å²) in [5, 5.41) is 6.22. The summed E-state index contributed by atoms with van der Waals surface area (Å²) in [4.78, 5) is 38.9. The third kappa shape index (κ3) is 3.43. The van der Waals surface area contributed by atoms with Gasteiger partial charge in [0.25, 0.3) is 5.91 Å². The molecule has 1 saturated heterocycles. The van der Waals surface area contributed by atoms with Crippen LogP contribution in [0.25, 0.3) is 11.0 Å². The van der Waals surface area contributed by atoms with Crippen molar-refractivity contribution >= 4 is 34.5 Å². The zero-order valence-corrected chi connectivity index (χ0v) is 17.1. The van der Waals surface area contributed by atoms with Crippen molar-refractivity contribution in [2.45, 2.75) is 32.2 Å². The van der Waals surface area contributed by atoms with Gasteiger partial charge in [0, 0.05) is 11.1 Å². The Labute approximate surface area is 174 Å². The van der Waals surface area contributed by atoms with Gasteiger partial charge in [-0.3, -0.25) is 14.5 Å². The molecule has 7 heteroatoms. The maximum absolute atomic E-state index is 13.0. The Kier molecular flexibility index (Phi) is 4.81. The van der Waals surface area contributed by atoms with Crippen molar-refractivity contribution in [3.8, 4) is 0 Å². The maximum atomic E-state index is 13.0. The molecule has 1 atom stereocenters. The summed E-state index contributed by atoms with van der Waals surface area (Å²) in [6.07, 6.45) is 0. The molecule has 7 nitrogen and oxygen atoms in total. The molecule has 1 aliphatic rings. The van der Waals surface area contributed by atoms with Crippen molar-refractivity contribution in [1.29, 1.82) is 0 Å². The van der Waals surface area contributed by atoms with Crippen molar-refractivity contribution in [2.24, 2.45) is 0 Å². The zero-order valence-electron chi connectivity index (χ0n) is 17.1. The lowest BCUT2D eigenvalue weighted by atomic mass is 9.99. The molecule has 4 rings (SSSR count). The molecule has 30 heavy (non-hydrogen) atoms. The number of carbonyl (C=O) groups is 3. The summed E-state index contributed by atoms with van der Waals surface area (Å²) in [5.74, 6) is -0.271. The smallest absolute Gasteiger partial charge is 0.325 e. The Morgan fingerprint density at radius 3 is 2.50 bits per heavy atom. The van der Waals surface area contributed by atoms with Crippen LogP contribution in [-0.4, -0.2) is 29.3 Å². The number of imide groups is 1. The van der Waals surface area contributed by atoms with Gasteiger partial charge in [0.05, 0.1) is 0 Å². The lowest BCUT2D eigenvalue weighted by Crippen LogP contribution is -2.41. The number of nitrogens with zero attached hydrogens (tertiary/aromatic N) is 1. The van der Waals surface area contributed by atoms with Crippen molar-refractivity contribution < 1.29 is 18.8 Å². The summed E-state index contributed by atoms with van der Waals surface area (Å²) in [6.45, 7) is 5.37. The molecule has 0 saturated carbocycles. The van der Waals surface area contributed by atoms with Crippen LogP contribution >= 0.6 is 0 Å². The average Bonchev–Trinajstić information content (AvgIpc) is 3.24. The van der Waals surface area contributed by atoms with Crippen LogP contribution in [0.1, 0.15) is 38.0 Å². The zero-order chi connectivity index (χ0) is 21.5. The largest absolute Gasteiger partial charge is 0.458 e. The predicted octanol–water partition coefficient (Wildman–Crippen LogP) is 3.96. The van der Waals surface area contributed by atoms with Gasteiger partial charge in [-0.25, -0.2) is 4.79 Å². The van der Waals surface area contributed by atoms with E-state index in [4.69, 9.17) is 4.42 Å². The SMILES string of the molecule is CC(C)c1ccc(NC(=O)CN2C(=O)NC(C)(c3cc4ccccc4o3)C2=O)cc1. The standard InChI is InChI=1S/C23H23N3O4/c1-14(2)15-8-10-17(11-9-15)24-20(27)13-26-21(28)23(3,25-22(26)29)19-12-16-6-4-5-7-18(16)30-19/h4-12,14H,13H2,1-3H3,(H,24,27)(H,25,29). The van der Waals surface area contributed by atoms with E-state index in [0.29, 0.717) is 22.9 Å². The van der Waals surface area contributed by atoms with E-state index >= 15 is 0 Å². The second-order valence-electron chi connectivity index (χ2n) is 7.92. The highest BCUT2D eigenvalue weighted by Crippen LogP contribution is 2.33. The monoisotopic (exact) mass is 405 g/mol. The van der Waals surface area contributed by atoms with Gasteiger partial charge in [0.15, 0.2) is 5.54 Å². The highest BCUT2D eigenvalue weighted by atomic mass is 16.3. The topological polar surface area (TPSA) is 91.7 Å². The Hall–Kier alpha value is -3.61. The highest BCUT2D eigenvalue weighted by Gasteiger charge is 2.51. The van der Waals surface area contributed by atoms with E-state index in [2.05, 4.69) is 24.5 Å². The highest BCUT2D eigenvalue weighted by molar-refractivity contribution is 6.10. The second-order valence-corrected chi connectivity index (χ2v) is 7.92. The number of urea groups is 1. The molecule has 4 amide bonds. The van der Waals surface area contributed by atoms with Gasteiger partial charge in [-0.15, -0.1) is 0 Å². The van der Waals surface area contributed by atoms with Crippen LogP contribution in [-0.2, 0) is 15.1 Å². The number of para-hydroxylation sites is 1. The molecule has 3 aromatic rings. The molecule has 2 heterocycles. The minimum absolute atomic E-state index is 0.328. The van der Waals surface area contributed by atoms with Crippen LogP contribution in [0, 0.1) is 0 Å². The van der Waals surface area contributed by atoms with Crippen molar-refractivity contribution in [1.82, 2.24) is 10.2 Å². The van der Waals surface area contributed by atoms with E-state index in [1.165, 1.54) is 0 Å². The number of benzene rings is 2. The molecular formula is C23H23N3O4. The molecule has 0 aliphatic carbocycles. The Bertz CT molecular complexity index is 1100. The normalized spacial score (nSPS) is 18.9. The van der Waals surface area contributed by atoms with Crippen LogP contribution in [0.2, 0.25) is 0 Å². The van der Waals surface area contributed by atoms with Gasteiger partial charge >= 0.3 is 6.03 Å². The first kappa shape index (κ1) is 19.7. The van der Waals surface area contributed by atoms with E-state index in [1.54, 1.807) is 31.2 Å². The fourth-order valence-electron chi connectivity index (χ4n) is 3.53. The van der Waals surface area contributed by atoms with Crippen LogP contribution in [0.3, 0.4) is 0 Å². The number of furan rings is 1. The minimum atomic E-state index is -1.37. The van der Waals surface area contributed by atoms with Gasteiger partial charge in [0.2, 0.25) is 5.91 Å². The van der Waals surface area contributed by atoms with Gasteiger partial charge in [-0.2, -0.15) is 0 Å². The molecule has 2 aromatic carbocycles. The van der Waals surface area contributed by atoms with Gasteiger partial charge < -0.3 is 15.1 Å². The summed E-state index contributed by atoms with van der Waals surface area (Å²) < 4.78 is 5.79. The molecule has 1 aliphatic heterocycles. The number of nitrogens with one attached hydrogen (secondary N) is 2. The first-order valence-electron chi connectivity index (χ1n) is 9.81. The predicted molar refractivity (Wildman–Crippen MR) is 113 cm³/mol. The molecule has 154 valence electrons. The quantitative estimate of drug-likeness (QED) is 0.629. The van der Waals surface area contributed by atoms with Crippen molar-refractivity contribution in [2.75, 3.05) is 11.9 Å². The van der Waals surface area contributed by atoms with Crippen LogP contribution in [0.4, 0.5) is 10.5 Å². The van der Waals surface area contributed by atoms with E-state index in [-0.39, 0.29) is 6.54 Å². The molecular weight excluding hydrogens is 382 g/mol. The first-order chi connectivity index (χ1) is 14.3. The third-order valence-electron chi connectivity index (χ3n) is 5.36. The maximum Gasteiger partial charge on any atom is 0.325 e. The molecule has 1 unspecified atom stereocenters. The summed E-state index contributed by atoms with van der Waals surface area (Å²) >= 11 is 0. The number of amides is 4. The molecule has 0 bridgehead atoms. The van der Waals surface area contributed by atoms with Crippen LogP contribution in [0.15, 0.2) is 59.0 Å². The first-order valence-corrected chi connectivity index (χ1v) is 9.81. The summed E-state index contributed by atoms with van der Waals surface area (Å²) in [5.41, 5.74) is 1.02. The van der Waals surface area contributed by atoms with Crippen LogP contribution in [0.5, 0.6) is 0 Å². The Morgan fingerprint density at radius 1 is 1.13 bits per heavy atom. The number of rotatable bonds is 5. The Balaban J connectivity index is 1.49. The Morgan fingerprint density at radius 2 is 1.83 bits per heavy atom. The van der Waals surface area contributed by atoms with Gasteiger partial charge in [0.1, 0.15) is 17.9 Å². The fraction of sp³-hybridized carbons (Fsp3) is 0.261. The molecule has 0 spiro atoms. The lowest BCUT2D eigenvalue weighted by Gasteiger charge is -2.19. The average molecular weight is 405 g/mol. The van der Waals surface area contributed by atoms with Crippen molar-refractivity contribution in [3.63, 3.8) is 0 Å². The molecule has 2 N–H and O–H groups in total. The van der Waals surface area contributed by atoms with E-state index in [0.717, 1.165) is 15.8 Å². The van der Waals surface area contributed by atoms with E-state index in [9.17, 15) is 14.4 Å². The van der Waals surface area contributed by atoms with Gasteiger partial charge in [-0.1, -0.05) is 44.2 Å². The second kappa shape index (κ2) is 7.33. The molecule has 0 radical (unpaired) electrons. The summed E-state index contributed by atoms with van der Waals surface area (Å²) in [7, 11) is 0. The third-order valence-corrected chi connectivity index (χ3v) is 5.36. The number of anilines is 1. The lowest BCUT2D eigenvalue weighted by molar-refractivity contribution is -0.134. The number of hydrogen-bond donors (Lipinski definition) is 2. The van der Waals surface area contributed by atoms with Crippen molar-refractivity contribution in [3.05, 3.63) is 65.9 Å². The molecule has 1 fully saturated rings.